The topological polar surface area (TPSA) is 46.9 Å². The van der Waals surface area contributed by atoms with E-state index in [2.05, 4.69) is 10.4 Å². The smallest absolute Gasteiger partial charge is 0.248 e. The molecule has 1 aromatic heterocycles. The van der Waals surface area contributed by atoms with Crippen molar-refractivity contribution in [2.24, 2.45) is 7.05 Å². The fraction of sp³-hybridized carbons (Fsp3) is 0.0769. The summed E-state index contributed by atoms with van der Waals surface area (Å²) < 4.78 is 1.66. The number of benzene rings is 1. The first kappa shape index (κ1) is 13.6. The molecule has 0 aliphatic rings. The molecule has 98 valence electrons. The van der Waals surface area contributed by atoms with Gasteiger partial charge in [0.05, 0.1) is 16.9 Å². The second-order valence-electron chi connectivity index (χ2n) is 3.89. The Kier molecular flexibility index (Phi) is 4.24. The van der Waals surface area contributed by atoms with Crippen molar-refractivity contribution < 1.29 is 4.79 Å². The number of aryl methyl sites for hydroxylation is 1. The highest BCUT2D eigenvalue weighted by molar-refractivity contribution is 6.36. The number of rotatable bonds is 3. The Morgan fingerprint density at radius 3 is 2.84 bits per heavy atom. The second kappa shape index (κ2) is 5.91. The van der Waals surface area contributed by atoms with Crippen LogP contribution in [0.3, 0.4) is 0 Å². The Morgan fingerprint density at radius 2 is 2.21 bits per heavy atom. The van der Waals surface area contributed by atoms with Gasteiger partial charge in [0.25, 0.3) is 0 Å². The largest absolute Gasteiger partial charge is 0.321 e. The minimum absolute atomic E-state index is 0.270. The molecular formula is C13H11Cl2N3O. The molecule has 19 heavy (non-hydrogen) atoms. The molecule has 0 aliphatic carbocycles. The zero-order valence-corrected chi connectivity index (χ0v) is 11.6. The Hall–Kier alpha value is -1.78. The highest BCUT2D eigenvalue weighted by Gasteiger charge is 2.03. The van der Waals surface area contributed by atoms with Crippen LogP contribution in [0.4, 0.5) is 5.69 Å². The molecule has 1 N–H and O–H groups in total. The molecule has 0 unspecified atom stereocenters. The molecule has 0 saturated carbocycles. The maximum absolute atomic E-state index is 11.7. The fourth-order valence-corrected chi connectivity index (χ4v) is 1.92. The van der Waals surface area contributed by atoms with Crippen LogP contribution in [-0.2, 0) is 11.8 Å². The van der Waals surface area contributed by atoms with E-state index >= 15 is 0 Å². The van der Waals surface area contributed by atoms with Gasteiger partial charge in [-0.1, -0.05) is 23.2 Å². The monoisotopic (exact) mass is 295 g/mol. The third kappa shape index (κ3) is 3.84. The van der Waals surface area contributed by atoms with E-state index in [1.807, 2.05) is 7.05 Å². The van der Waals surface area contributed by atoms with Crippen molar-refractivity contribution in [1.82, 2.24) is 9.78 Å². The summed E-state index contributed by atoms with van der Waals surface area (Å²) >= 11 is 11.7. The van der Waals surface area contributed by atoms with Crippen LogP contribution in [0.2, 0.25) is 10.0 Å². The lowest BCUT2D eigenvalue weighted by Crippen LogP contribution is -2.07. The van der Waals surface area contributed by atoms with Gasteiger partial charge in [-0.2, -0.15) is 5.10 Å². The van der Waals surface area contributed by atoms with Crippen molar-refractivity contribution in [1.29, 1.82) is 0 Å². The average molecular weight is 296 g/mol. The first-order chi connectivity index (χ1) is 9.04. The normalized spacial score (nSPS) is 10.9. The lowest BCUT2D eigenvalue weighted by Gasteiger charge is -2.04. The molecule has 0 atom stereocenters. The predicted octanol–water partition coefficient (Wildman–Crippen LogP) is 3.38. The summed E-state index contributed by atoms with van der Waals surface area (Å²) in [6.45, 7) is 0. The van der Waals surface area contributed by atoms with E-state index < -0.39 is 0 Å². The van der Waals surface area contributed by atoms with E-state index in [0.717, 1.165) is 5.56 Å². The SMILES string of the molecule is Cn1cc(C=CC(=O)Nc2ccc(Cl)cc2Cl)cn1. The van der Waals surface area contributed by atoms with Crippen molar-refractivity contribution in [3.05, 3.63) is 52.3 Å². The van der Waals surface area contributed by atoms with Gasteiger partial charge in [0.1, 0.15) is 0 Å². The molecule has 1 aromatic carbocycles. The number of nitrogens with zero attached hydrogens (tertiary/aromatic N) is 2. The fourth-order valence-electron chi connectivity index (χ4n) is 1.46. The third-order valence-corrected chi connectivity index (χ3v) is 2.89. The predicted molar refractivity (Wildman–Crippen MR) is 77.3 cm³/mol. The molecule has 1 heterocycles. The lowest BCUT2D eigenvalue weighted by atomic mass is 10.3. The standard InChI is InChI=1S/C13H11Cl2N3O/c1-18-8-9(7-16-18)2-5-13(19)17-12-4-3-10(14)6-11(12)15/h2-8H,1H3,(H,17,19). The van der Waals surface area contributed by atoms with Gasteiger partial charge < -0.3 is 5.32 Å². The molecule has 2 aromatic rings. The summed E-state index contributed by atoms with van der Waals surface area (Å²) in [6.07, 6.45) is 6.56. The zero-order chi connectivity index (χ0) is 13.8. The number of carbonyl (C=O) groups excluding carboxylic acids is 1. The Morgan fingerprint density at radius 1 is 1.42 bits per heavy atom. The molecule has 0 saturated heterocycles. The number of hydrogen-bond donors (Lipinski definition) is 1. The van der Waals surface area contributed by atoms with E-state index in [-0.39, 0.29) is 5.91 Å². The highest BCUT2D eigenvalue weighted by Crippen LogP contribution is 2.25. The van der Waals surface area contributed by atoms with Crippen LogP contribution in [-0.4, -0.2) is 15.7 Å². The van der Waals surface area contributed by atoms with Crippen molar-refractivity contribution in [2.45, 2.75) is 0 Å². The molecule has 0 fully saturated rings. The molecule has 0 bridgehead atoms. The second-order valence-corrected chi connectivity index (χ2v) is 4.74. The van der Waals surface area contributed by atoms with Crippen molar-refractivity contribution >= 4 is 40.9 Å². The minimum atomic E-state index is -0.270. The number of carbonyl (C=O) groups is 1. The number of nitrogens with one attached hydrogen (secondary N) is 1. The third-order valence-electron chi connectivity index (χ3n) is 2.34. The van der Waals surface area contributed by atoms with Gasteiger partial charge in [0, 0.05) is 29.9 Å². The van der Waals surface area contributed by atoms with Crippen molar-refractivity contribution in [2.75, 3.05) is 5.32 Å². The van der Waals surface area contributed by atoms with Crippen LogP contribution in [0.5, 0.6) is 0 Å². The van der Waals surface area contributed by atoms with Crippen molar-refractivity contribution in [3.63, 3.8) is 0 Å². The van der Waals surface area contributed by atoms with Crippen LogP contribution in [0.25, 0.3) is 6.08 Å². The Balaban J connectivity index is 2.03. The number of halogens is 2. The van der Waals surface area contributed by atoms with Crippen LogP contribution < -0.4 is 5.32 Å². The van der Waals surface area contributed by atoms with Gasteiger partial charge >= 0.3 is 0 Å². The Bertz CT molecular complexity index is 635. The van der Waals surface area contributed by atoms with Gasteiger partial charge in [-0.25, -0.2) is 0 Å². The number of amides is 1. The molecule has 1 amide bonds. The maximum atomic E-state index is 11.7. The summed E-state index contributed by atoms with van der Waals surface area (Å²) in [6, 6.07) is 4.89. The quantitative estimate of drug-likeness (QED) is 0.883. The van der Waals surface area contributed by atoms with E-state index in [1.54, 1.807) is 41.4 Å². The Labute approximate surface area is 120 Å². The number of anilines is 1. The molecular weight excluding hydrogens is 285 g/mol. The van der Waals surface area contributed by atoms with Gasteiger partial charge in [-0.15, -0.1) is 0 Å². The number of aromatic nitrogens is 2. The lowest BCUT2D eigenvalue weighted by molar-refractivity contribution is -0.111. The molecule has 0 aliphatic heterocycles. The molecule has 4 nitrogen and oxygen atoms in total. The van der Waals surface area contributed by atoms with E-state index in [1.165, 1.54) is 6.08 Å². The number of hydrogen-bond acceptors (Lipinski definition) is 2. The zero-order valence-electron chi connectivity index (χ0n) is 10.1. The van der Waals surface area contributed by atoms with Crippen LogP contribution in [0.1, 0.15) is 5.56 Å². The highest BCUT2D eigenvalue weighted by atomic mass is 35.5. The summed E-state index contributed by atoms with van der Waals surface area (Å²) in [5, 5.41) is 7.59. The van der Waals surface area contributed by atoms with Crippen molar-refractivity contribution in [3.8, 4) is 0 Å². The molecule has 0 spiro atoms. The van der Waals surface area contributed by atoms with E-state index in [4.69, 9.17) is 23.2 Å². The molecule has 0 radical (unpaired) electrons. The maximum Gasteiger partial charge on any atom is 0.248 e. The van der Waals surface area contributed by atoms with Crippen LogP contribution in [0.15, 0.2) is 36.7 Å². The summed E-state index contributed by atoms with van der Waals surface area (Å²) in [7, 11) is 1.81. The summed E-state index contributed by atoms with van der Waals surface area (Å²) in [5.74, 6) is -0.270. The van der Waals surface area contributed by atoms with Gasteiger partial charge in [-0.3, -0.25) is 9.48 Å². The minimum Gasteiger partial charge on any atom is -0.321 e. The molecule has 2 rings (SSSR count). The summed E-state index contributed by atoms with van der Waals surface area (Å²) in [4.78, 5) is 11.7. The van der Waals surface area contributed by atoms with Gasteiger partial charge in [0.15, 0.2) is 0 Å². The molecule has 6 heteroatoms. The van der Waals surface area contributed by atoms with Crippen LogP contribution in [0, 0.1) is 0 Å². The van der Waals surface area contributed by atoms with Crippen LogP contribution >= 0.6 is 23.2 Å². The first-order valence-electron chi connectivity index (χ1n) is 5.47. The average Bonchev–Trinajstić information content (AvgIpc) is 2.76. The van der Waals surface area contributed by atoms with Gasteiger partial charge in [0.2, 0.25) is 5.91 Å². The first-order valence-corrected chi connectivity index (χ1v) is 6.23. The summed E-state index contributed by atoms with van der Waals surface area (Å²) in [5.41, 5.74) is 1.37. The van der Waals surface area contributed by atoms with Gasteiger partial charge in [-0.05, 0) is 24.3 Å². The van der Waals surface area contributed by atoms with E-state index in [0.29, 0.717) is 15.7 Å². The van der Waals surface area contributed by atoms with E-state index in [9.17, 15) is 4.79 Å².